The maximum absolute atomic E-state index is 2.33. The van der Waals surface area contributed by atoms with E-state index in [-0.39, 0.29) is 0 Å². The molecule has 0 saturated heterocycles. The molecular formula is C46H28. The van der Waals surface area contributed by atoms with Crippen LogP contribution in [-0.4, -0.2) is 0 Å². The van der Waals surface area contributed by atoms with Gasteiger partial charge >= 0.3 is 0 Å². The van der Waals surface area contributed by atoms with Crippen LogP contribution < -0.4 is 0 Å². The maximum Gasteiger partial charge on any atom is -0.000719 e. The van der Waals surface area contributed by atoms with Crippen molar-refractivity contribution in [3.8, 4) is 55.6 Å². The predicted octanol–water partition coefficient (Wildman–Crippen LogP) is 12.9. The largest absolute Gasteiger partial charge is 0.0616 e. The van der Waals surface area contributed by atoms with Gasteiger partial charge < -0.3 is 0 Å². The average molecular weight is 581 g/mol. The monoisotopic (exact) mass is 580 g/mol. The van der Waals surface area contributed by atoms with Crippen LogP contribution >= 0.6 is 0 Å². The molecule has 0 nitrogen and oxygen atoms in total. The van der Waals surface area contributed by atoms with Crippen LogP contribution in [-0.2, 0) is 0 Å². The summed E-state index contributed by atoms with van der Waals surface area (Å²) in [6, 6.07) is 62.7. The summed E-state index contributed by atoms with van der Waals surface area (Å²) in [5.74, 6) is 0. The Kier molecular flexibility index (Phi) is 5.38. The molecule has 0 bridgehead atoms. The van der Waals surface area contributed by atoms with Crippen LogP contribution in [0, 0.1) is 0 Å². The Morgan fingerprint density at radius 3 is 1.48 bits per heavy atom. The highest BCUT2D eigenvalue weighted by Gasteiger charge is 2.30. The first-order valence-corrected chi connectivity index (χ1v) is 16.0. The van der Waals surface area contributed by atoms with E-state index in [9.17, 15) is 0 Å². The Labute approximate surface area is 267 Å². The SMILES string of the molecule is c1ccc2cc(-c3ccc(-c4c5c(c(-c6cccc7ccccc67)c6ccccc46)-c4cccc6cccc-5c46)cc3)ccc2c1. The highest BCUT2D eigenvalue weighted by molar-refractivity contribution is 6.28. The third kappa shape index (κ3) is 3.62. The van der Waals surface area contributed by atoms with Crippen LogP contribution in [0.15, 0.2) is 170 Å². The zero-order valence-corrected chi connectivity index (χ0v) is 25.2. The first-order chi connectivity index (χ1) is 22.8. The van der Waals surface area contributed by atoms with Crippen molar-refractivity contribution >= 4 is 43.1 Å². The molecule has 0 heteroatoms. The molecule has 0 unspecified atom stereocenters. The number of hydrogen-bond donors (Lipinski definition) is 0. The molecule has 1 aliphatic carbocycles. The van der Waals surface area contributed by atoms with Crippen LogP contribution in [0.25, 0.3) is 98.7 Å². The molecule has 0 aromatic heterocycles. The van der Waals surface area contributed by atoms with Gasteiger partial charge in [0.2, 0.25) is 0 Å². The zero-order chi connectivity index (χ0) is 30.2. The maximum atomic E-state index is 2.33. The van der Waals surface area contributed by atoms with Gasteiger partial charge in [0.25, 0.3) is 0 Å². The average Bonchev–Trinajstić information content (AvgIpc) is 3.45. The van der Waals surface area contributed by atoms with E-state index >= 15 is 0 Å². The Hall–Kier alpha value is -5.98. The van der Waals surface area contributed by atoms with Gasteiger partial charge in [0.05, 0.1) is 0 Å². The zero-order valence-electron chi connectivity index (χ0n) is 25.2. The second kappa shape index (κ2) is 9.76. The molecule has 0 atom stereocenters. The number of hydrogen-bond acceptors (Lipinski definition) is 0. The van der Waals surface area contributed by atoms with Gasteiger partial charge in [-0.1, -0.05) is 164 Å². The highest BCUT2D eigenvalue weighted by Crippen LogP contribution is 2.58. The van der Waals surface area contributed by atoms with E-state index in [1.807, 2.05) is 0 Å². The van der Waals surface area contributed by atoms with Crippen molar-refractivity contribution in [2.75, 3.05) is 0 Å². The number of fused-ring (bicyclic) bond motifs is 6. The van der Waals surface area contributed by atoms with Crippen molar-refractivity contribution in [1.29, 1.82) is 0 Å². The minimum Gasteiger partial charge on any atom is -0.0616 e. The van der Waals surface area contributed by atoms with Crippen LogP contribution in [0.3, 0.4) is 0 Å². The summed E-state index contributed by atoms with van der Waals surface area (Å²) in [6.07, 6.45) is 0. The first kappa shape index (κ1) is 25.4. The van der Waals surface area contributed by atoms with Crippen molar-refractivity contribution in [2.24, 2.45) is 0 Å². The summed E-state index contributed by atoms with van der Waals surface area (Å²) in [4.78, 5) is 0. The Balaban J connectivity index is 1.29. The van der Waals surface area contributed by atoms with Crippen molar-refractivity contribution < 1.29 is 0 Å². The van der Waals surface area contributed by atoms with Crippen LogP contribution in [0.2, 0.25) is 0 Å². The molecule has 0 aliphatic heterocycles. The molecule has 0 spiro atoms. The van der Waals surface area contributed by atoms with E-state index < -0.39 is 0 Å². The molecular weight excluding hydrogens is 553 g/mol. The second-order valence-electron chi connectivity index (χ2n) is 12.4. The molecule has 0 N–H and O–H groups in total. The van der Waals surface area contributed by atoms with E-state index in [1.54, 1.807) is 0 Å². The molecule has 212 valence electrons. The summed E-state index contributed by atoms with van der Waals surface area (Å²) in [5.41, 5.74) is 13.0. The molecule has 1 aliphatic rings. The third-order valence-corrected chi connectivity index (χ3v) is 9.97. The van der Waals surface area contributed by atoms with Gasteiger partial charge in [-0.15, -0.1) is 0 Å². The van der Waals surface area contributed by atoms with Crippen molar-refractivity contribution in [1.82, 2.24) is 0 Å². The fraction of sp³-hybridized carbons (Fsp3) is 0. The third-order valence-electron chi connectivity index (χ3n) is 9.97. The fourth-order valence-electron chi connectivity index (χ4n) is 7.96. The standard InChI is InChI=1S/C46H28/c1-2-12-34-28-35(27-24-29(34)10-1)30-22-25-33(26-23-30)43-38-17-5-6-18-39(38)44(37-19-7-13-31-11-3-4-16-36(31)37)46-41-21-9-15-32-14-8-20-40(42(32)41)45(43)46/h1-28H. The van der Waals surface area contributed by atoms with E-state index in [2.05, 4.69) is 170 Å². The lowest BCUT2D eigenvalue weighted by molar-refractivity contribution is 1.61. The lowest BCUT2D eigenvalue weighted by Crippen LogP contribution is -1.94. The summed E-state index contributed by atoms with van der Waals surface area (Å²) in [6.45, 7) is 0. The van der Waals surface area contributed by atoms with Gasteiger partial charge in [-0.05, 0) is 105 Å². The Bertz CT molecular complexity index is 2660. The lowest BCUT2D eigenvalue weighted by Gasteiger charge is -2.21. The van der Waals surface area contributed by atoms with Crippen molar-refractivity contribution in [3.63, 3.8) is 0 Å². The lowest BCUT2D eigenvalue weighted by atomic mass is 9.81. The van der Waals surface area contributed by atoms with Crippen LogP contribution in [0.4, 0.5) is 0 Å². The second-order valence-corrected chi connectivity index (χ2v) is 12.4. The minimum atomic E-state index is 1.23. The minimum absolute atomic E-state index is 1.23. The molecule has 10 rings (SSSR count). The molecule has 0 amide bonds. The van der Waals surface area contributed by atoms with E-state index in [0.717, 1.165) is 0 Å². The molecule has 0 heterocycles. The van der Waals surface area contributed by atoms with Gasteiger partial charge in [0.1, 0.15) is 0 Å². The molecule has 9 aromatic rings. The molecule has 0 radical (unpaired) electrons. The van der Waals surface area contributed by atoms with Crippen molar-refractivity contribution in [2.45, 2.75) is 0 Å². The van der Waals surface area contributed by atoms with Crippen molar-refractivity contribution in [3.05, 3.63) is 170 Å². The Morgan fingerprint density at radius 1 is 0.239 bits per heavy atom. The van der Waals surface area contributed by atoms with E-state index in [1.165, 1.54) is 98.7 Å². The number of benzene rings is 9. The predicted molar refractivity (Wildman–Crippen MR) is 197 cm³/mol. The summed E-state index contributed by atoms with van der Waals surface area (Å²) >= 11 is 0. The normalized spacial score (nSPS) is 11.9. The van der Waals surface area contributed by atoms with Gasteiger partial charge in [0, 0.05) is 0 Å². The molecule has 9 aromatic carbocycles. The van der Waals surface area contributed by atoms with Gasteiger partial charge in [0.15, 0.2) is 0 Å². The van der Waals surface area contributed by atoms with Gasteiger partial charge in [-0.2, -0.15) is 0 Å². The topological polar surface area (TPSA) is 0 Å². The van der Waals surface area contributed by atoms with E-state index in [0.29, 0.717) is 0 Å². The van der Waals surface area contributed by atoms with Gasteiger partial charge in [-0.3, -0.25) is 0 Å². The quantitative estimate of drug-likeness (QED) is 0.195. The fourth-order valence-corrected chi connectivity index (χ4v) is 7.96. The molecule has 46 heavy (non-hydrogen) atoms. The molecule has 0 saturated carbocycles. The summed E-state index contributed by atoms with van der Waals surface area (Å²) in [5, 5.41) is 10.3. The van der Waals surface area contributed by atoms with Crippen LogP contribution in [0.5, 0.6) is 0 Å². The summed E-state index contributed by atoms with van der Waals surface area (Å²) in [7, 11) is 0. The number of rotatable bonds is 3. The van der Waals surface area contributed by atoms with Crippen LogP contribution in [0.1, 0.15) is 0 Å². The van der Waals surface area contributed by atoms with Gasteiger partial charge in [-0.25, -0.2) is 0 Å². The van der Waals surface area contributed by atoms with E-state index in [4.69, 9.17) is 0 Å². The molecule has 0 fully saturated rings. The first-order valence-electron chi connectivity index (χ1n) is 16.0. The highest BCUT2D eigenvalue weighted by atomic mass is 14.3. The Morgan fingerprint density at radius 2 is 0.739 bits per heavy atom. The smallest absolute Gasteiger partial charge is 0.000719 e. The summed E-state index contributed by atoms with van der Waals surface area (Å²) < 4.78 is 0.